The predicted molar refractivity (Wildman–Crippen MR) is 101 cm³/mol. The van der Waals surface area contributed by atoms with E-state index in [1.165, 1.54) is 31.2 Å². The van der Waals surface area contributed by atoms with Gasteiger partial charge in [-0.1, -0.05) is 18.0 Å². The van der Waals surface area contributed by atoms with Crippen molar-refractivity contribution in [3.63, 3.8) is 0 Å². The smallest absolute Gasteiger partial charge is 0.237 e. The van der Waals surface area contributed by atoms with E-state index in [0.29, 0.717) is 24.8 Å². The number of rotatable bonds is 3. The van der Waals surface area contributed by atoms with E-state index in [-0.39, 0.29) is 5.91 Å². The van der Waals surface area contributed by atoms with Crippen molar-refractivity contribution in [1.82, 2.24) is 24.9 Å². The molecule has 4 rings (SSSR count). The third-order valence-corrected chi connectivity index (χ3v) is 5.62. The van der Waals surface area contributed by atoms with Gasteiger partial charge in [-0.15, -0.1) is 0 Å². The Kier molecular flexibility index (Phi) is 5.20. The molecule has 144 valence electrons. The Hall–Kier alpha value is -2.28. The van der Waals surface area contributed by atoms with Crippen LogP contribution in [0.1, 0.15) is 48.4 Å². The summed E-state index contributed by atoms with van der Waals surface area (Å²) >= 11 is 0. The van der Waals surface area contributed by atoms with Gasteiger partial charge in [0.15, 0.2) is 0 Å². The lowest BCUT2D eigenvalue weighted by atomic mass is 9.94. The number of carbonyl (C=O) groups is 1. The number of fused-ring (bicyclic) bond motifs is 1. The Bertz CT molecular complexity index is 824. The van der Waals surface area contributed by atoms with E-state index in [1.807, 2.05) is 18.0 Å². The highest BCUT2D eigenvalue weighted by molar-refractivity contribution is 5.79. The number of aryl methyl sites for hydroxylation is 2. The van der Waals surface area contributed by atoms with Crippen molar-refractivity contribution in [3.8, 4) is 11.4 Å². The molecule has 1 saturated heterocycles. The first kappa shape index (κ1) is 18.1. The zero-order chi connectivity index (χ0) is 18.8. The van der Waals surface area contributed by atoms with Gasteiger partial charge in [0.05, 0.1) is 6.54 Å². The van der Waals surface area contributed by atoms with Crippen LogP contribution in [0.4, 0.5) is 0 Å². The maximum atomic E-state index is 12.8. The van der Waals surface area contributed by atoms with Crippen molar-refractivity contribution in [2.75, 3.05) is 26.2 Å². The van der Waals surface area contributed by atoms with E-state index in [4.69, 9.17) is 4.52 Å². The molecule has 0 aromatic carbocycles. The molecule has 0 atom stereocenters. The predicted octanol–water partition coefficient (Wildman–Crippen LogP) is 2.51. The van der Waals surface area contributed by atoms with Gasteiger partial charge in [-0.2, -0.15) is 4.98 Å². The highest BCUT2D eigenvalue weighted by atomic mass is 16.5. The monoisotopic (exact) mass is 369 g/mol. The number of likely N-dealkylation sites (tertiary alicyclic amines) is 1. The second kappa shape index (κ2) is 7.76. The summed E-state index contributed by atoms with van der Waals surface area (Å²) < 4.78 is 5.16. The maximum Gasteiger partial charge on any atom is 0.237 e. The van der Waals surface area contributed by atoms with Crippen molar-refractivity contribution in [1.29, 1.82) is 0 Å². The summed E-state index contributed by atoms with van der Waals surface area (Å²) in [6.45, 7) is 7.71. The van der Waals surface area contributed by atoms with Crippen LogP contribution < -0.4 is 0 Å². The number of carbonyl (C=O) groups excluding carboxylic acids is 1. The maximum absolute atomic E-state index is 12.8. The fourth-order valence-corrected chi connectivity index (χ4v) is 4.15. The average Bonchev–Trinajstić information content (AvgIpc) is 2.92. The lowest BCUT2D eigenvalue weighted by molar-refractivity contribution is -0.133. The first-order valence-corrected chi connectivity index (χ1v) is 9.90. The molecule has 7 heteroatoms. The second-order valence-corrected chi connectivity index (χ2v) is 7.62. The third kappa shape index (κ3) is 3.88. The molecule has 2 aromatic heterocycles. The minimum absolute atomic E-state index is 0.222. The van der Waals surface area contributed by atoms with E-state index in [2.05, 4.69) is 20.0 Å². The minimum Gasteiger partial charge on any atom is -0.339 e. The largest absolute Gasteiger partial charge is 0.339 e. The van der Waals surface area contributed by atoms with E-state index >= 15 is 0 Å². The van der Waals surface area contributed by atoms with Crippen LogP contribution in [0.5, 0.6) is 0 Å². The fraction of sp³-hybridized carbons (Fsp3) is 0.600. The highest BCUT2D eigenvalue weighted by Gasteiger charge is 2.27. The Morgan fingerprint density at radius 2 is 1.93 bits per heavy atom. The van der Waals surface area contributed by atoms with Crippen molar-refractivity contribution in [2.45, 2.75) is 52.5 Å². The van der Waals surface area contributed by atoms with Gasteiger partial charge < -0.3 is 9.42 Å². The number of pyridine rings is 1. The molecule has 0 spiro atoms. The summed E-state index contributed by atoms with van der Waals surface area (Å²) in [6, 6.07) is 0. The molecule has 0 radical (unpaired) electrons. The Morgan fingerprint density at radius 1 is 1.15 bits per heavy atom. The molecule has 27 heavy (non-hydrogen) atoms. The van der Waals surface area contributed by atoms with E-state index in [9.17, 15) is 4.79 Å². The number of amides is 1. The van der Waals surface area contributed by atoms with Crippen LogP contribution >= 0.6 is 0 Å². The molecule has 0 saturated carbocycles. The van der Waals surface area contributed by atoms with Crippen LogP contribution in [-0.4, -0.2) is 57.0 Å². The number of aromatic nitrogens is 3. The molecule has 0 unspecified atom stereocenters. The molecule has 1 fully saturated rings. The first-order chi connectivity index (χ1) is 13.1. The highest BCUT2D eigenvalue weighted by Crippen LogP contribution is 2.30. The van der Waals surface area contributed by atoms with Crippen LogP contribution in [0.25, 0.3) is 11.4 Å². The molecule has 1 amide bonds. The summed E-state index contributed by atoms with van der Waals surface area (Å²) in [6.07, 6.45) is 7.66. The fourth-order valence-electron chi connectivity index (χ4n) is 4.15. The second-order valence-electron chi connectivity index (χ2n) is 7.62. The van der Waals surface area contributed by atoms with Crippen LogP contribution in [0.2, 0.25) is 0 Å². The molecule has 7 nitrogen and oxygen atoms in total. The van der Waals surface area contributed by atoms with E-state index < -0.39 is 0 Å². The molecule has 2 aliphatic rings. The SMILES string of the molecule is Cc1nc(-c2c(C)ncc3c2CCN(C(=O)CN2CCCCCC2)C3)no1. The molecule has 0 N–H and O–H groups in total. The summed E-state index contributed by atoms with van der Waals surface area (Å²) in [7, 11) is 0. The molecule has 4 heterocycles. The molecule has 0 aliphatic carbocycles. The quantitative estimate of drug-likeness (QED) is 0.827. The van der Waals surface area contributed by atoms with E-state index in [1.54, 1.807) is 6.92 Å². The van der Waals surface area contributed by atoms with Gasteiger partial charge in [0.2, 0.25) is 17.6 Å². The molecule has 2 aromatic rings. The van der Waals surface area contributed by atoms with Crippen LogP contribution in [-0.2, 0) is 17.8 Å². The Labute approximate surface area is 159 Å². The van der Waals surface area contributed by atoms with Gasteiger partial charge in [-0.25, -0.2) is 0 Å². The molecule has 0 bridgehead atoms. The third-order valence-electron chi connectivity index (χ3n) is 5.62. The van der Waals surface area contributed by atoms with Crippen molar-refractivity contribution in [2.24, 2.45) is 0 Å². The lowest BCUT2D eigenvalue weighted by Gasteiger charge is -2.31. The number of hydrogen-bond acceptors (Lipinski definition) is 6. The zero-order valence-electron chi connectivity index (χ0n) is 16.2. The van der Waals surface area contributed by atoms with Crippen molar-refractivity contribution >= 4 is 5.91 Å². The van der Waals surface area contributed by atoms with Crippen molar-refractivity contribution in [3.05, 3.63) is 28.9 Å². The lowest BCUT2D eigenvalue weighted by Crippen LogP contribution is -2.43. The normalized spacial score (nSPS) is 18.2. The Balaban J connectivity index is 1.51. The first-order valence-electron chi connectivity index (χ1n) is 9.90. The topological polar surface area (TPSA) is 75.4 Å². The minimum atomic E-state index is 0.222. The van der Waals surface area contributed by atoms with Gasteiger partial charge in [-0.05, 0) is 50.4 Å². The van der Waals surface area contributed by atoms with Crippen LogP contribution in [0.15, 0.2) is 10.7 Å². The average molecular weight is 369 g/mol. The Morgan fingerprint density at radius 3 is 2.63 bits per heavy atom. The van der Waals surface area contributed by atoms with Crippen LogP contribution in [0.3, 0.4) is 0 Å². The summed E-state index contributed by atoms with van der Waals surface area (Å²) in [5.41, 5.74) is 4.15. The summed E-state index contributed by atoms with van der Waals surface area (Å²) in [4.78, 5) is 26.0. The number of nitrogens with zero attached hydrogens (tertiary/aromatic N) is 5. The van der Waals surface area contributed by atoms with Gasteiger partial charge in [0, 0.05) is 37.5 Å². The van der Waals surface area contributed by atoms with Gasteiger partial charge in [0.1, 0.15) is 0 Å². The molecular weight excluding hydrogens is 342 g/mol. The standard InChI is InChI=1S/C20H27N5O2/c1-14-19(20-22-15(2)27-23-20)17-7-10-25(12-16(17)11-21-14)18(26)13-24-8-5-3-4-6-9-24/h11H,3-10,12-13H2,1-2H3. The molecule has 2 aliphatic heterocycles. The zero-order valence-corrected chi connectivity index (χ0v) is 16.2. The molecular formula is C20H27N5O2. The summed E-state index contributed by atoms with van der Waals surface area (Å²) in [5.74, 6) is 1.37. The summed E-state index contributed by atoms with van der Waals surface area (Å²) in [5, 5.41) is 4.08. The van der Waals surface area contributed by atoms with Crippen molar-refractivity contribution < 1.29 is 9.32 Å². The van der Waals surface area contributed by atoms with Gasteiger partial charge >= 0.3 is 0 Å². The number of hydrogen-bond donors (Lipinski definition) is 0. The van der Waals surface area contributed by atoms with E-state index in [0.717, 1.165) is 42.9 Å². The van der Waals surface area contributed by atoms with Crippen LogP contribution in [0, 0.1) is 13.8 Å². The van der Waals surface area contributed by atoms with Gasteiger partial charge in [-0.3, -0.25) is 14.7 Å². The van der Waals surface area contributed by atoms with Gasteiger partial charge in [0.25, 0.3) is 0 Å².